The van der Waals surface area contributed by atoms with E-state index in [1.54, 1.807) is 6.07 Å². The van der Waals surface area contributed by atoms with Gasteiger partial charge in [0.2, 0.25) is 0 Å². The van der Waals surface area contributed by atoms with E-state index in [2.05, 4.69) is 15.8 Å². The number of rotatable bonds is 3. The highest BCUT2D eigenvalue weighted by Gasteiger charge is 2.38. The highest BCUT2D eigenvalue weighted by atomic mass is 19.4. The smallest absolute Gasteiger partial charge is 0.475 e. The molecule has 0 atom stereocenters. The number of piperidine rings is 1. The summed E-state index contributed by atoms with van der Waals surface area (Å²) in [5.41, 5.74) is 0.422. The number of carboxylic acid groups (broad SMARTS) is 1. The van der Waals surface area contributed by atoms with E-state index in [-0.39, 0.29) is 11.9 Å². The Hall–Kier alpha value is -2.10. The van der Waals surface area contributed by atoms with Crippen LogP contribution in [0.25, 0.3) is 0 Å². The lowest BCUT2D eigenvalue weighted by Gasteiger charge is -2.23. The number of nitrogens with zero attached hydrogens (tertiary/aromatic N) is 1. The number of aliphatic carboxylic acids is 1. The first-order valence-corrected chi connectivity index (χ1v) is 7.55. The lowest BCUT2D eigenvalue weighted by Crippen LogP contribution is -2.42. The number of carbonyl (C=O) groups excluding carboxylic acids is 1. The van der Waals surface area contributed by atoms with E-state index < -0.39 is 12.1 Å². The van der Waals surface area contributed by atoms with E-state index in [0.717, 1.165) is 44.5 Å². The number of alkyl halides is 3. The highest BCUT2D eigenvalue weighted by Crippen LogP contribution is 2.40. The van der Waals surface area contributed by atoms with Gasteiger partial charge in [0.05, 0.1) is 0 Å². The van der Waals surface area contributed by atoms with Crippen molar-refractivity contribution >= 4 is 11.9 Å². The summed E-state index contributed by atoms with van der Waals surface area (Å²) in [5, 5.41) is 17.2. The van der Waals surface area contributed by atoms with Crippen LogP contribution in [0.15, 0.2) is 10.6 Å². The third-order valence-electron chi connectivity index (χ3n) is 3.66. The Morgan fingerprint density at radius 2 is 1.83 bits per heavy atom. The number of carbonyl (C=O) groups is 2. The SMILES string of the molecule is O=C(NC1CCNCC1)c1cc(C2CC2)on1.O=C(O)C(F)(F)F. The summed E-state index contributed by atoms with van der Waals surface area (Å²) in [6, 6.07) is 2.05. The first-order valence-electron chi connectivity index (χ1n) is 7.55. The molecular weight excluding hydrogens is 331 g/mol. The maximum Gasteiger partial charge on any atom is 0.490 e. The molecule has 0 aromatic carbocycles. The minimum atomic E-state index is -5.08. The number of halogens is 3. The largest absolute Gasteiger partial charge is 0.490 e. The molecule has 1 saturated heterocycles. The minimum absolute atomic E-state index is 0.104. The van der Waals surface area contributed by atoms with Crippen molar-refractivity contribution in [3.63, 3.8) is 0 Å². The van der Waals surface area contributed by atoms with Crippen LogP contribution in [-0.4, -0.2) is 47.4 Å². The van der Waals surface area contributed by atoms with Crippen molar-refractivity contribution in [3.8, 4) is 0 Å². The van der Waals surface area contributed by atoms with Crippen LogP contribution in [0.4, 0.5) is 13.2 Å². The first-order chi connectivity index (χ1) is 11.3. The van der Waals surface area contributed by atoms with Crippen LogP contribution in [0.3, 0.4) is 0 Å². The number of hydrogen-bond acceptors (Lipinski definition) is 5. The summed E-state index contributed by atoms with van der Waals surface area (Å²) < 4.78 is 36.9. The Kier molecular flexibility index (Phi) is 5.81. The van der Waals surface area contributed by atoms with Crippen molar-refractivity contribution in [1.82, 2.24) is 15.8 Å². The van der Waals surface area contributed by atoms with Crippen LogP contribution in [0.1, 0.15) is 47.8 Å². The molecule has 2 aliphatic rings. The van der Waals surface area contributed by atoms with E-state index in [9.17, 15) is 18.0 Å². The van der Waals surface area contributed by atoms with Crippen molar-refractivity contribution in [2.45, 2.75) is 43.8 Å². The van der Waals surface area contributed by atoms with Gasteiger partial charge in [0.25, 0.3) is 5.91 Å². The molecule has 1 amide bonds. The second-order valence-electron chi connectivity index (χ2n) is 5.69. The summed E-state index contributed by atoms with van der Waals surface area (Å²) in [6.07, 6.45) is -0.798. The fourth-order valence-corrected chi connectivity index (χ4v) is 2.18. The highest BCUT2D eigenvalue weighted by molar-refractivity contribution is 5.92. The molecule has 0 spiro atoms. The third-order valence-corrected chi connectivity index (χ3v) is 3.66. The molecule has 1 saturated carbocycles. The number of hydrogen-bond donors (Lipinski definition) is 3. The molecule has 134 valence electrons. The van der Waals surface area contributed by atoms with Gasteiger partial charge < -0.3 is 20.3 Å². The topological polar surface area (TPSA) is 104 Å². The third kappa shape index (κ3) is 5.52. The molecule has 7 nitrogen and oxygen atoms in total. The van der Waals surface area contributed by atoms with Crippen LogP contribution in [0, 0.1) is 0 Å². The van der Waals surface area contributed by atoms with Gasteiger partial charge in [-0.1, -0.05) is 5.16 Å². The van der Waals surface area contributed by atoms with Gasteiger partial charge >= 0.3 is 12.1 Å². The number of nitrogens with one attached hydrogen (secondary N) is 2. The van der Waals surface area contributed by atoms with Gasteiger partial charge in [-0.05, 0) is 38.8 Å². The summed E-state index contributed by atoms with van der Waals surface area (Å²) in [6.45, 7) is 1.94. The zero-order chi connectivity index (χ0) is 17.7. The number of amides is 1. The standard InChI is InChI=1S/C12H17N3O2.C2HF3O2/c16-12(14-9-3-5-13-6-4-9)10-7-11(17-15-10)8-1-2-8;3-2(4,5)1(6)7/h7-9,13H,1-6H2,(H,14,16);(H,6,7). The van der Waals surface area contributed by atoms with E-state index in [1.165, 1.54) is 0 Å². The van der Waals surface area contributed by atoms with Crippen molar-refractivity contribution in [1.29, 1.82) is 0 Å². The van der Waals surface area contributed by atoms with Crippen molar-refractivity contribution in [2.24, 2.45) is 0 Å². The Labute approximate surface area is 135 Å². The Morgan fingerprint density at radius 1 is 1.25 bits per heavy atom. The van der Waals surface area contributed by atoms with Crippen LogP contribution >= 0.6 is 0 Å². The molecule has 2 fully saturated rings. The van der Waals surface area contributed by atoms with Crippen LogP contribution in [0.2, 0.25) is 0 Å². The molecule has 1 aliphatic carbocycles. The molecular formula is C14H18F3N3O4. The second kappa shape index (κ2) is 7.65. The summed E-state index contributed by atoms with van der Waals surface area (Å²) in [7, 11) is 0. The first kappa shape index (κ1) is 18.2. The Bertz CT molecular complexity index is 578. The predicted molar refractivity (Wildman–Crippen MR) is 75.5 cm³/mol. The maximum atomic E-state index is 11.9. The van der Waals surface area contributed by atoms with Crippen molar-refractivity contribution in [2.75, 3.05) is 13.1 Å². The average molecular weight is 349 g/mol. The lowest BCUT2D eigenvalue weighted by molar-refractivity contribution is -0.192. The Morgan fingerprint density at radius 3 is 2.33 bits per heavy atom. The molecule has 2 heterocycles. The molecule has 0 unspecified atom stereocenters. The van der Waals surface area contributed by atoms with Gasteiger partial charge in [0.15, 0.2) is 5.69 Å². The fraction of sp³-hybridized carbons (Fsp3) is 0.643. The van der Waals surface area contributed by atoms with Gasteiger partial charge in [-0.15, -0.1) is 0 Å². The minimum Gasteiger partial charge on any atom is -0.475 e. The molecule has 10 heteroatoms. The molecule has 3 rings (SSSR count). The van der Waals surface area contributed by atoms with Gasteiger partial charge in [0, 0.05) is 18.0 Å². The van der Waals surface area contributed by atoms with Crippen molar-refractivity contribution < 1.29 is 32.4 Å². The van der Waals surface area contributed by atoms with Crippen molar-refractivity contribution in [3.05, 3.63) is 17.5 Å². The Balaban J connectivity index is 0.000000256. The lowest BCUT2D eigenvalue weighted by atomic mass is 10.1. The summed E-state index contributed by atoms with van der Waals surface area (Å²) in [4.78, 5) is 20.8. The monoisotopic (exact) mass is 349 g/mol. The van der Waals surface area contributed by atoms with E-state index in [1.807, 2.05) is 0 Å². The molecule has 1 aliphatic heterocycles. The molecule has 3 N–H and O–H groups in total. The number of carboxylic acids is 1. The molecule has 0 radical (unpaired) electrons. The van der Waals surface area contributed by atoms with Gasteiger partial charge in [-0.3, -0.25) is 4.79 Å². The fourth-order valence-electron chi connectivity index (χ4n) is 2.18. The van der Waals surface area contributed by atoms with Gasteiger partial charge in [0.1, 0.15) is 5.76 Å². The summed E-state index contributed by atoms with van der Waals surface area (Å²) >= 11 is 0. The normalized spacial score (nSPS) is 18.5. The van der Waals surface area contributed by atoms with Crippen LogP contribution < -0.4 is 10.6 Å². The van der Waals surface area contributed by atoms with E-state index in [0.29, 0.717) is 11.6 Å². The van der Waals surface area contributed by atoms with Crippen LogP contribution in [-0.2, 0) is 4.79 Å². The zero-order valence-electron chi connectivity index (χ0n) is 12.7. The maximum absolute atomic E-state index is 11.9. The number of aromatic nitrogens is 1. The molecule has 1 aromatic rings. The van der Waals surface area contributed by atoms with E-state index >= 15 is 0 Å². The zero-order valence-corrected chi connectivity index (χ0v) is 12.7. The van der Waals surface area contributed by atoms with E-state index in [4.69, 9.17) is 14.4 Å². The second-order valence-corrected chi connectivity index (χ2v) is 5.69. The average Bonchev–Trinajstić information content (AvgIpc) is 3.25. The predicted octanol–water partition coefficient (Wildman–Crippen LogP) is 1.67. The molecule has 0 bridgehead atoms. The molecule has 1 aromatic heterocycles. The quantitative estimate of drug-likeness (QED) is 0.767. The molecule has 24 heavy (non-hydrogen) atoms. The summed E-state index contributed by atoms with van der Waals surface area (Å²) in [5.74, 6) is -1.50. The van der Waals surface area contributed by atoms with Crippen LogP contribution in [0.5, 0.6) is 0 Å². The van der Waals surface area contributed by atoms with Gasteiger partial charge in [-0.2, -0.15) is 13.2 Å². The van der Waals surface area contributed by atoms with Gasteiger partial charge in [-0.25, -0.2) is 4.79 Å².